The van der Waals surface area contributed by atoms with Crippen LogP contribution in [0.5, 0.6) is 0 Å². The SMILES string of the molecule is CNc1ncc(-c2nc(N)c3nc(-c4cccc(NS(=O)(=O)CCCF)c4F)ccc3n2)cn1. The molecular weight excluding hydrogens is 466 g/mol. The number of halogens is 2. The molecule has 0 aliphatic carbocycles. The van der Waals surface area contributed by atoms with Crippen molar-refractivity contribution < 1.29 is 17.2 Å². The summed E-state index contributed by atoms with van der Waals surface area (Å²) in [4.78, 5) is 21.4. The molecule has 3 aromatic heterocycles. The van der Waals surface area contributed by atoms with Crippen LogP contribution >= 0.6 is 0 Å². The molecule has 0 aliphatic heterocycles. The Kier molecular flexibility index (Phi) is 6.45. The molecule has 0 saturated carbocycles. The Morgan fingerprint density at radius 1 is 1.06 bits per heavy atom. The van der Waals surface area contributed by atoms with E-state index >= 15 is 4.39 Å². The second-order valence-electron chi connectivity index (χ2n) is 7.17. The lowest BCUT2D eigenvalue weighted by Crippen LogP contribution is -2.18. The molecule has 0 saturated heterocycles. The third-order valence-electron chi connectivity index (χ3n) is 4.79. The summed E-state index contributed by atoms with van der Waals surface area (Å²) in [6.07, 6.45) is 2.92. The zero-order valence-corrected chi connectivity index (χ0v) is 18.8. The number of hydrogen-bond donors (Lipinski definition) is 3. The zero-order valence-electron chi connectivity index (χ0n) is 18.0. The number of rotatable bonds is 8. The van der Waals surface area contributed by atoms with Gasteiger partial charge in [0.15, 0.2) is 17.5 Å². The molecule has 0 atom stereocenters. The quantitative estimate of drug-likeness (QED) is 0.342. The van der Waals surface area contributed by atoms with E-state index in [-0.39, 0.29) is 34.7 Å². The second kappa shape index (κ2) is 9.47. The molecule has 0 fully saturated rings. The topological polar surface area (TPSA) is 149 Å². The Morgan fingerprint density at radius 3 is 2.53 bits per heavy atom. The van der Waals surface area contributed by atoms with Gasteiger partial charge in [-0.1, -0.05) is 6.07 Å². The van der Waals surface area contributed by atoms with Gasteiger partial charge in [0.25, 0.3) is 0 Å². The fourth-order valence-corrected chi connectivity index (χ4v) is 4.24. The van der Waals surface area contributed by atoms with Crippen molar-refractivity contribution in [1.29, 1.82) is 0 Å². The standard InChI is InChI=1S/C21H20F2N8O2S/c1-25-21-26-10-12(11-27-21)20-29-16-7-6-14(28-18(16)19(24)30-20)13-4-2-5-15(17(13)23)31-34(32,33)9-3-8-22/h2,4-7,10-11,31H,3,8-9H2,1H3,(H2,24,29,30)(H,25,26,27). The summed E-state index contributed by atoms with van der Waals surface area (Å²) in [5.74, 6) is -0.463. The predicted molar refractivity (Wildman–Crippen MR) is 126 cm³/mol. The van der Waals surface area contributed by atoms with Crippen molar-refractivity contribution in [2.45, 2.75) is 6.42 Å². The van der Waals surface area contributed by atoms with Crippen LogP contribution in [0.3, 0.4) is 0 Å². The van der Waals surface area contributed by atoms with Crippen molar-refractivity contribution in [1.82, 2.24) is 24.9 Å². The number of fused-ring (bicyclic) bond motifs is 1. The first-order valence-corrected chi connectivity index (χ1v) is 11.8. The lowest BCUT2D eigenvalue weighted by atomic mass is 10.1. The summed E-state index contributed by atoms with van der Waals surface area (Å²) >= 11 is 0. The highest BCUT2D eigenvalue weighted by atomic mass is 32.2. The van der Waals surface area contributed by atoms with Gasteiger partial charge in [-0.3, -0.25) is 9.11 Å². The largest absolute Gasteiger partial charge is 0.382 e. The number of benzene rings is 1. The Hall–Kier alpha value is -4.00. The van der Waals surface area contributed by atoms with Crippen molar-refractivity contribution >= 4 is 38.5 Å². The second-order valence-corrected chi connectivity index (χ2v) is 9.01. The molecule has 0 spiro atoms. The Labute approximate surface area is 193 Å². The van der Waals surface area contributed by atoms with Crippen molar-refractivity contribution in [2.24, 2.45) is 0 Å². The minimum absolute atomic E-state index is 0.0483. The minimum atomic E-state index is -3.90. The molecule has 0 aliphatic rings. The van der Waals surface area contributed by atoms with Crippen molar-refractivity contribution in [3.63, 3.8) is 0 Å². The summed E-state index contributed by atoms with van der Waals surface area (Å²) < 4.78 is 53.7. The van der Waals surface area contributed by atoms with Crippen LogP contribution in [0.2, 0.25) is 0 Å². The smallest absolute Gasteiger partial charge is 0.232 e. The monoisotopic (exact) mass is 486 g/mol. The van der Waals surface area contributed by atoms with Crippen molar-refractivity contribution in [3.05, 3.63) is 48.5 Å². The summed E-state index contributed by atoms with van der Waals surface area (Å²) in [6, 6.07) is 7.36. The van der Waals surface area contributed by atoms with Gasteiger partial charge in [0.05, 0.1) is 34.9 Å². The van der Waals surface area contributed by atoms with Crippen LogP contribution in [0.1, 0.15) is 6.42 Å². The molecule has 4 N–H and O–H groups in total. The molecule has 4 aromatic rings. The average Bonchev–Trinajstić information content (AvgIpc) is 2.84. The van der Waals surface area contributed by atoms with Crippen LogP contribution in [0.4, 0.5) is 26.2 Å². The lowest BCUT2D eigenvalue weighted by Gasteiger charge is -2.12. The van der Waals surface area contributed by atoms with E-state index in [9.17, 15) is 12.8 Å². The van der Waals surface area contributed by atoms with Crippen LogP contribution in [0, 0.1) is 5.82 Å². The number of aromatic nitrogens is 5. The van der Waals surface area contributed by atoms with E-state index in [0.29, 0.717) is 22.9 Å². The van der Waals surface area contributed by atoms with Gasteiger partial charge in [-0.15, -0.1) is 0 Å². The number of alkyl halides is 1. The molecule has 0 unspecified atom stereocenters. The van der Waals surface area contributed by atoms with Crippen LogP contribution in [-0.2, 0) is 10.0 Å². The number of hydrogen-bond acceptors (Lipinski definition) is 9. The Bertz CT molecular complexity index is 1450. The summed E-state index contributed by atoms with van der Waals surface area (Å²) in [5.41, 5.74) is 7.33. The molecule has 10 nitrogen and oxygen atoms in total. The van der Waals surface area contributed by atoms with Gasteiger partial charge in [0.1, 0.15) is 5.52 Å². The molecule has 1 aromatic carbocycles. The highest BCUT2D eigenvalue weighted by molar-refractivity contribution is 7.92. The molecule has 3 heterocycles. The zero-order chi connectivity index (χ0) is 24.3. The van der Waals surface area contributed by atoms with E-state index < -0.39 is 28.3 Å². The molecule has 34 heavy (non-hydrogen) atoms. The Morgan fingerprint density at radius 2 is 1.82 bits per heavy atom. The van der Waals surface area contributed by atoms with E-state index in [1.54, 1.807) is 31.6 Å². The molecular formula is C21H20F2N8O2S. The molecule has 176 valence electrons. The van der Waals surface area contributed by atoms with Gasteiger partial charge in [0.2, 0.25) is 16.0 Å². The number of anilines is 3. The molecule has 0 radical (unpaired) electrons. The van der Waals surface area contributed by atoms with Gasteiger partial charge in [0, 0.05) is 25.0 Å². The number of pyridine rings is 1. The summed E-state index contributed by atoms with van der Waals surface area (Å²) in [6.45, 7) is -0.788. The fourth-order valence-electron chi connectivity index (χ4n) is 3.16. The summed E-state index contributed by atoms with van der Waals surface area (Å²) in [7, 11) is -2.20. The first kappa shape index (κ1) is 23.2. The van der Waals surface area contributed by atoms with E-state index in [2.05, 4.69) is 35.0 Å². The van der Waals surface area contributed by atoms with E-state index in [4.69, 9.17) is 5.73 Å². The van der Waals surface area contributed by atoms with Gasteiger partial charge in [-0.2, -0.15) is 0 Å². The number of nitrogens with two attached hydrogens (primary N) is 1. The highest BCUT2D eigenvalue weighted by Gasteiger charge is 2.18. The Balaban J connectivity index is 1.70. The van der Waals surface area contributed by atoms with Crippen molar-refractivity contribution in [3.8, 4) is 22.6 Å². The predicted octanol–water partition coefficient (Wildman–Crippen LogP) is 3.01. The number of nitrogens with one attached hydrogen (secondary N) is 2. The first-order chi connectivity index (χ1) is 16.3. The van der Waals surface area contributed by atoms with Crippen LogP contribution in [0.15, 0.2) is 42.7 Å². The maximum atomic E-state index is 15.1. The lowest BCUT2D eigenvalue weighted by molar-refractivity contribution is 0.484. The first-order valence-electron chi connectivity index (χ1n) is 10.1. The van der Waals surface area contributed by atoms with E-state index in [0.717, 1.165) is 0 Å². The van der Waals surface area contributed by atoms with Gasteiger partial charge in [-0.25, -0.2) is 37.7 Å². The van der Waals surface area contributed by atoms with Crippen LogP contribution in [-0.4, -0.2) is 52.8 Å². The highest BCUT2D eigenvalue weighted by Crippen LogP contribution is 2.30. The van der Waals surface area contributed by atoms with Crippen molar-refractivity contribution in [2.75, 3.05) is 35.2 Å². The molecule has 0 bridgehead atoms. The van der Waals surface area contributed by atoms with Crippen LogP contribution in [0.25, 0.3) is 33.7 Å². The summed E-state index contributed by atoms with van der Waals surface area (Å²) in [5, 5.41) is 2.82. The average molecular weight is 487 g/mol. The maximum Gasteiger partial charge on any atom is 0.232 e. The third-order valence-corrected chi connectivity index (χ3v) is 6.15. The molecule has 0 amide bonds. The van der Waals surface area contributed by atoms with E-state index in [1.807, 2.05) is 0 Å². The van der Waals surface area contributed by atoms with Gasteiger partial charge >= 0.3 is 0 Å². The number of nitrogen functional groups attached to an aromatic ring is 1. The normalized spacial score (nSPS) is 11.5. The minimum Gasteiger partial charge on any atom is -0.382 e. The maximum absolute atomic E-state index is 15.1. The third kappa shape index (κ3) is 4.83. The van der Waals surface area contributed by atoms with Gasteiger partial charge < -0.3 is 11.1 Å². The van der Waals surface area contributed by atoms with E-state index in [1.165, 1.54) is 18.2 Å². The number of nitrogens with zero attached hydrogens (tertiary/aromatic N) is 5. The molecule has 13 heteroatoms. The fraction of sp³-hybridized carbons (Fsp3) is 0.190. The van der Waals surface area contributed by atoms with Gasteiger partial charge in [-0.05, 0) is 30.7 Å². The van der Waals surface area contributed by atoms with Crippen LogP contribution < -0.4 is 15.8 Å². The number of sulfonamides is 1. The molecule has 4 rings (SSSR count).